The zero-order valence-electron chi connectivity index (χ0n) is 19.2. The summed E-state index contributed by atoms with van der Waals surface area (Å²) in [5.41, 5.74) is 5.38. The monoisotopic (exact) mass is 482 g/mol. The first-order valence-electron chi connectivity index (χ1n) is 11.0. The van der Waals surface area contributed by atoms with Gasteiger partial charge in [-0.15, -0.1) is 11.3 Å². The first-order chi connectivity index (χ1) is 17.0. The van der Waals surface area contributed by atoms with Crippen molar-refractivity contribution in [3.63, 3.8) is 0 Å². The molecule has 7 nitrogen and oxygen atoms in total. The normalized spacial score (nSPS) is 10.9. The number of carboxylic acid groups (broad SMARTS) is 1. The molecule has 0 atom stereocenters. The van der Waals surface area contributed by atoms with E-state index in [0.29, 0.717) is 29.6 Å². The molecule has 3 heterocycles. The minimum absolute atomic E-state index is 0.150. The minimum atomic E-state index is -1.02. The van der Waals surface area contributed by atoms with Crippen molar-refractivity contribution in [2.24, 2.45) is 0 Å². The number of carbonyl (C=O) groups is 1. The van der Waals surface area contributed by atoms with E-state index in [-0.39, 0.29) is 5.56 Å². The predicted octanol–water partition coefficient (Wildman–Crippen LogP) is 5.95. The van der Waals surface area contributed by atoms with Crippen molar-refractivity contribution in [2.75, 3.05) is 0 Å². The number of hydrogen-bond donors (Lipinski definition) is 1. The number of para-hydroxylation sites is 1. The molecule has 1 N–H and O–H groups in total. The van der Waals surface area contributed by atoms with Crippen LogP contribution in [0, 0.1) is 13.8 Å². The molecule has 0 spiro atoms. The molecule has 5 aromatic rings. The Morgan fingerprint density at radius 3 is 2.51 bits per heavy atom. The number of aromatic nitrogens is 4. The Kier molecular flexibility index (Phi) is 6.12. The first-order valence-corrected chi connectivity index (χ1v) is 11.9. The summed E-state index contributed by atoms with van der Waals surface area (Å²) < 4.78 is 7.71. The highest BCUT2D eigenvalue weighted by Crippen LogP contribution is 2.30. The second kappa shape index (κ2) is 9.52. The number of benzene rings is 2. The lowest BCUT2D eigenvalue weighted by Gasteiger charge is -2.13. The summed E-state index contributed by atoms with van der Waals surface area (Å²) in [4.78, 5) is 20.7. The topological polar surface area (TPSA) is 90.1 Å². The van der Waals surface area contributed by atoms with Crippen molar-refractivity contribution >= 4 is 17.3 Å². The molecule has 0 saturated heterocycles. The van der Waals surface area contributed by atoms with Crippen LogP contribution in [0.1, 0.15) is 27.3 Å². The Morgan fingerprint density at radius 2 is 1.80 bits per heavy atom. The molecular formula is C27H22N4O3S. The number of rotatable bonds is 7. The van der Waals surface area contributed by atoms with Crippen LogP contribution in [0.3, 0.4) is 0 Å². The largest absolute Gasteiger partial charge is 0.488 e. The van der Waals surface area contributed by atoms with Crippen LogP contribution in [0.25, 0.3) is 27.6 Å². The van der Waals surface area contributed by atoms with Gasteiger partial charge < -0.3 is 9.84 Å². The molecule has 2 aromatic carbocycles. The van der Waals surface area contributed by atoms with Crippen molar-refractivity contribution in [1.82, 2.24) is 19.7 Å². The van der Waals surface area contributed by atoms with Gasteiger partial charge in [0.05, 0.1) is 17.6 Å². The maximum Gasteiger partial charge on any atom is 0.339 e. The van der Waals surface area contributed by atoms with Crippen LogP contribution in [-0.2, 0) is 6.61 Å². The molecule has 0 bridgehead atoms. The number of thiazole rings is 1. The molecule has 3 aromatic heterocycles. The number of aryl methyl sites for hydroxylation is 1. The van der Waals surface area contributed by atoms with Crippen LogP contribution in [0.4, 0.5) is 0 Å². The third kappa shape index (κ3) is 4.69. The van der Waals surface area contributed by atoms with Crippen LogP contribution in [-0.4, -0.2) is 30.8 Å². The summed E-state index contributed by atoms with van der Waals surface area (Å²) in [5, 5.41) is 16.6. The number of aromatic carboxylic acids is 1. The molecule has 0 fully saturated rings. The van der Waals surface area contributed by atoms with Gasteiger partial charge in [0.1, 0.15) is 22.9 Å². The van der Waals surface area contributed by atoms with Gasteiger partial charge in [0.25, 0.3) is 0 Å². The van der Waals surface area contributed by atoms with Crippen LogP contribution < -0.4 is 4.74 Å². The summed E-state index contributed by atoms with van der Waals surface area (Å²) in [6.45, 7) is 4.12. The van der Waals surface area contributed by atoms with Crippen LogP contribution >= 0.6 is 11.3 Å². The van der Waals surface area contributed by atoms with Crippen molar-refractivity contribution < 1.29 is 14.6 Å². The number of carboxylic acids is 1. The van der Waals surface area contributed by atoms with Crippen molar-refractivity contribution in [3.05, 3.63) is 101 Å². The highest BCUT2D eigenvalue weighted by molar-refractivity contribution is 7.13. The molecule has 8 heteroatoms. The van der Waals surface area contributed by atoms with Gasteiger partial charge in [-0.25, -0.2) is 19.4 Å². The zero-order valence-corrected chi connectivity index (χ0v) is 20.0. The van der Waals surface area contributed by atoms with Gasteiger partial charge in [0, 0.05) is 22.2 Å². The highest BCUT2D eigenvalue weighted by Gasteiger charge is 2.16. The number of ether oxygens (including phenoxy) is 1. The Bertz CT molecular complexity index is 1510. The SMILES string of the molecule is Cc1csc(-c2ccc(COc3ccccc3-c3cccc(-n4ncc(C(=O)O)c4C)n3)cc2)n1. The highest BCUT2D eigenvalue weighted by atomic mass is 32.1. The molecule has 174 valence electrons. The molecule has 35 heavy (non-hydrogen) atoms. The van der Waals surface area contributed by atoms with E-state index in [4.69, 9.17) is 9.72 Å². The Labute approximate surface area is 206 Å². The zero-order chi connectivity index (χ0) is 24.4. The van der Waals surface area contributed by atoms with E-state index < -0.39 is 5.97 Å². The maximum atomic E-state index is 11.4. The second-order valence-electron chi connectivity index (χ2n) is 8.02. The Hall–Kier alpha value is -4.30. The molecule has 0 radical (unpaired) electrons. The van der Waals surface area contributed by atoms with E-state index in [0.717, 1.165) is 27.4 Å². The van der Waals surface area contributed by atoms with Gasteiger partial charge in [-0.05, 0) is 43.7 Å². The van der Waals surface area contributed by atoms with Gasteiger partial charge >= 0.3 is 5.97 Å². The average molecular weight is 483 g/mol. The van der Waals surface area contributed by atoms with E-state index in [1.165, 1.54) is 10.9 Å². The third-order valence-corrected chi connectivity index (χ3v) is 6.58. The van der Waals surface area contributed by atoms with E-state index in [1.807, 2.05) is 60.8 Å². The number of nitrogens with zero attached hydrogens (tertiary/aromatic N) is 4. The van der Waals surface area contributed by atoms with Gasteiger partial charge in [-0.2, -0.15) is 5.10 Å². The summed E-state index contributed by atoms with van der Waals surface area (Å²) in [6, 6.07) is 21.5. The Morgan fingerprint density at radius 1 is 1.00 bits per heavy atom. The molecule has 0 saturated carbocycles. The van der Waals surface area contributed by atoms with Crippen molar-refractivity contribution in [2.45, 2.75) is 20.5 Å². The number of pyridine rings is 1. The fourth-order valence-electron chi connectivity index (χ4n) is 3.74. The quantitative estimate of drug-likeness (QED) is 0.308. The fourth-order valence-corrected chi connectivity index (χ4v) is 4.54. The van der Waals surface area contributed by atoms with Gasteiger partial charge in [-0.3, -0.25) is 0 Å². The molecule has 0 aliphatic rings. The van der Waals surface area contributed by atoms with Crippen LogP contribution in [0.2, 0.25) is 0 Å². The standard InChI is InChI=1S/C27H22N4O3S/c1-17-16-35-26(29-17)20-12-10-19(11-13-20)15-34-24-8-4-3-6-21(24)23-7-5-9-25(30-23)31-18(2)22(14-28-31)27(32)33/h3-14,16H,15H2,1-2H3,(H,32,33). The van der Waals surface area contributed by atoms with Gasteiger partial charge in [0.2, 0.25) is 0 Å². The van der Waals surface area contributed by atoms with E-state index in [1.54, 1.807) is 24.3 Å². The maximum absolute atomic E-state index is 11.4. The lowest BCUT2D eigenvalue weighted by molar-refractivity contribution is 0.0696. The van der Waals surface area contributed by atoms with E-state index >= 15 is 0 Å². The summed E-state index contributed by atoms with van der Waals surface area (Å²) >= 11 is 1.64. The van der Waals surface area contributed by atoms with Crippen molar-refractivity contribution in [1.29, 1.82) is 0 Å². The molecule has 0 aliphatic heterocycles. The molecule has 0 amide bonds. The Balaban J connectivity index is 1.37. The minimum Gasteiger partial charge on any atom is -0.488 e. The lowest BCUT2D eigenvalue weighted by Crippen LogP contribution is -2.05. The lowest BCUT2D eigenvalue weighted by atomic mass is 10.1. The van der Waals surface area contributed by atoms with E-state index in [2.05, 4.69) is 22.2 Å². The fraction of sp³-hybridized carbons (Fsp3) is 0.111. The molecular weight excluding hydrogens is 460 g/mol. The summed E-state index contributed by atoms with van der Waals surface area (Å²) in [6.07, 6.45) is 1.34. The molecule has 5 rings (SSSR count). The van der Waals surface area contributed by atoms with E-state index in [9.17, 15) is 9.90 Å². The molecule has 0 aliphatic carbocycles. The van der Waals surface area contributed by atoms with Gasteiger partial charge in [-0.1, -0.05) is 42.5 Å². The summed E-state index contributed by atoms with van der Waals surface area (Å²) in [7, 11) is 0. The predicted molar refractivity (Wildman–Crippen MR) is 135 cm³/mol. The summed E-state index contributed by atoms with van der Waals surface area (Å²) in [5.74, 6) is 0.231. The smallest absolute Gasteiger partial charge is 0.339 e. The number of hydrogen-bond acceptors (Lipinski definition) is 6. The van der Waals surface area contributed by atoms with Crippen LogP contribution in [0.15, 0.2) is 78.3 Å². The molecule has 0 unspecified atom stereocenters. The third-order valence-electron chi connectivity index (χ3n) is 5.57. The van der Waals surface area contributed by atoms with Crippen LogP contribution in [0.5, 0.6) is 5.75 Å². The first kappa shape index (κ1) is 22.5. The van der Waals surface area contributed by atoms with Crippen molar-refractivity contribution in [3.8, 4) is 33.4 Å². The van der Waals surface area contributed by atoms with Gasteiger partial charge in [0.15, 0.2) is 5.82 Å². The second-order valence-corrected chi connectivity index (χ2v) is 8.88. The average Bonchev–Trinajstić information content (AvgIpc) is 3.49.